The second kappa shape index (κ2) is 10.0. The molecule has 3 rings (SSSR count). The number of esters is 1. The maximum absolute atomic E-state index is 13.3. The Morgan fingerprint density at radius 3 is 2.66 bits per heavy atom. The Morgan fingerprint density at radius 1 is 1.19 bits per heavy atom. The molecule has 1 N–H and O–H groups in total. The van der Waals surface area contributed by atoms with E-state index in [9.17, 15) is 18.0 Å². The molecular weight excluding hydrogens is 432 g/mol. The fraction of sp³-hybridized carbons (Fsp3) is 0.391. The van der Waals surface area contributed by atoms with E-state index in [1.807, 2.05) is 26.0 Å². The van der Waals surface area contributed by atoms with Gasteiger partial charge in [-0.05, 0) is 49.6 Å². The molecule has 0 fully saturated rings. The third-order valence-electron chi connectivity index (χ3n) is 5.29. The van der Waals surface area contributed by atoms with Gasteiger partial charge in [-0.1, -0.05) is 31.5 Å². The van der Waals surface area contributed by atoms with Crippen LogP contribution in [0.15, 0.2) is 47.4 Å². The average molecular weight is 461 g/mol. The van der Waals surface area contributed by atoms with Gasteiger partial charge < -0.3 is 14.8 Å². The molecule has 0 saturated carbocycles. The van der Waals surface area contributed by atoms with Crippen molar-refractivity contribution in [2.24, 2.45) is 0 Å². The minimum atomic E-state index is -3.90. The Labute approximate surface area is 188 Å². The predicted molar refractivity (Wildman–Crippen MR) is 120 cm³/mol. The number of nitrogens with one attached hydrogen (secondary N) is 1. The highest BCUT2D eigenvalue weighted by molar-refractivity contribution is 7.92. The fourth-order valence-electron chi connectivity index (χ4n) is 3.72. The van der Waals surface area contributed by atoms with Crippen molar-refractivity contribution in [1.82, 2.24) is 5.32 Å². The van der Waals surface area contributed by atoms with Crippen molar-refractivity contribution < 1.29 is 27.5 Å². The Morgan fingerprint density at radius 2 is 1.94 bits per heavy atom. The quantitative estimate of drug-likeness (QED) is 0.578. The monoisotopic (exact) mass is 460 g/mol. The van der Waals surface area contributed by atoms with Crippen molar-refractivity contribution in [2.75, 3.05) is 24.6 Å². The summed E-state index contributed by atoms with van der Waals surface area (Å²) in [6.45, 7) is 3.74. The number of rotatable bonds is 9. The van der Waals surface area contributed by atoms with Gasteiger partial charge in [0.2, 0.25) is 0 Å². The average Bonchev–Trinajstić information content (AvgIpc) is 3.22. The van der Waals surface area contributed by atoms with Gasteiger partial charge in [0.25, 0.3) is 15.9 Å². The second-order valence-electron chi connectivity index (χ2n) is 7.65. The molecule has 1 unspecified atom stereocenters. The van der Waals surface area contributed by atoms with Crippen LogP contribution in [0.2, 0.25) is 0 Å². The molecule has 172 valence electrons. The Kier molecular flexibility index (Phi) is 7.40. The van der Waals surface area contributed by atoms with Gasteiger partial charge in [-0.15, -0.1) is 0 Å². The van der Waals surface area contributed by atoms with E-state index in [0.717, 1.165) is 18.4 Å². The van der Waals surface area contributed by atoms with E-state index < -0.39 is 28.5 Å². The molecule has 0 saturated heterocycles. The van der Waals surface area contributed by atoms with Crippen molar-refractivity contribution in [3.8, 4) is 5.75 Å². The summed E-state index contributed by atoms with van der Waals surface area (Å²) in [5.41, 5.74) is 1.52. The molecule has 0 spiro atoms. The number of fused-ring (bicyclic) bond motifs is 1. The van der Waals surface area contributed by atoms with Gasteiger partial charge in [0.15, 0.2) is 6.61 Å². The molecule has 1 aliphatic rings. The zero-order valence-electron chi connectivity index (χ0n) is 18.5. The summed E-state index contributed by atoms with van der Waals surface area (Å²) in [5, 5.41) is 2.75. The van der Waals surface area contributed by atoms with E-state index in [4.69, 9.17) is 9.47 Å². The maximum atomic E-state index is 13.3. The first-order valence-electron chi connectivity index (χ1n) is 10.5. The molecule has 1 atom stereocenters. The summed E-state index contributed by atoms with van der Waals surface area (Å²) in [4.78, 5) is 24.6. The van der Waals surface area contributed by atoms with Crippen LogP contribution in [0.25, 0.3) is 0 Å². The number of amides is 1. The molecule has 2 aromatic carbocycles. The van der Waals surface area contributed by atoms with E-state index in [1.54, 1.807) is 12.1 Å². The maximum Gasteiger partial charge on any atom is 0.342 e. The molecule has 0 aliphatic carbocycles. The van der Waals surface area contributed by atoms with Gasteiger partial charge in [0.05, 0.1) is 17.7 Å². The van der Waals surface area contributed by atoms with Crippen molar-refractivity contribution in [3.63, 3.8) is 0 Å². The number of carbonyl (C=O) groups is 2. The normalized spacial score (nSPS) is 13.9. The van der Waals surface area contributed by atoms with Crippen LogP contribution < -0.4 is 14.4 Å². The summed E-state index contributed by atoms with van der Waals surface area (Å²) >= 11 is 0. The van der Waals surface area contributed by atoms with E-state index in [-0.39, 0.29) is 22.3 Å². The standard InChI is InChI=1S/C23H28N2O6S/c1-4-7-16(2)24-22(26)15-31-23(27)19-14-18(10-11-21(19)30-3)32(28,29)25-13-12-17-8-5-6-9-20(17)25/h5-6,8-11,14,16H,4,7,12-13,15H2,1-3H3,(H,24,26). The van der Waals surface area contributed by atoms with Crippen LogP contribution in [0.1, 0.15) is 42.6 Å². The number of hydrogen-bond donors (Lipinski definition) is 1. The number of carbonyl (C=O) groups excluding carboxylic acids is 2. The lowest BCUT2D eigenvalue weighted by atomic mass is 10.2. The van der Waals surface area contributed by atoms with Crippen LogP contribution in [0.3, 0.4) is 0 Å². The van der Waals surface area contributed by atoms with Gasteiger partial charge in [-0.3, -0.25) is 9.10 Å². The number of para-hydroxylation sites is 1. The topological polar surface area (TPSA) is 102 Å². The molecule has 8 nitrogen and oxygen atoms in total. The molecule has 0 radical (unpaired) electrons. The predicted octanol–water partition coefficient (Wildman–Crippen LogP) is 2.91. The molecule has 9 heteroatoms. The molecule has 1 aliphatic heterocycles. The van der Waals surface area contributed by atoms with Gasteiger partial charge in [0, 0.05) is 12.6 Å². The zero-order valence-corrected chi connectivity index (χ0v) is 19.3. The summed E-state index contributed by atoms with van der Waals surface area (Å²) < 4.78 is 38.2. The lowest BCUT2D eigenvalue weighted by Crippen LogP contribution is -2.35. The highest BCUT2D eigenvalue weighted by Crippen LogP contribution is 2.34. The van der Waals surface area contributed by atoms with E-state index in [0.29, 0.717) is 18.7 Å². The summed E-state index contributed by atoms with van der Waals surface area (Å²) in [7, 11) is -2.52. The van der Waals surface area contributed by atoms with Crippen LogP contribution in [-0.2, 0) is 26.0 Å². The van der Waals surface area contributed by atoms with Gasteiger partial charge in [-0.2, -0.15) is 0 Å². The van der Waals surface area contributed by atoms with Crippen LogP contribution >= 0.6 is 0 Å². The molecule has 0 bridgehead atoms. The lowest BCUT2D eigenvalue weighted by molar-refractivity contribution is -0.124. The summed E-state index contributed by atoms with van der Waals surface area (Å²) in [6.07, 6.45) is 2.35. The third kappa shape index (κ3) is 5.04. The van der Waals surface area contributed by atoms with Crippen LogP contribution in [0.4, 0.5) is 5.69 Å². The molecule has 1 heterocycles. The highest BCUT2D eigenvalue weighted by atomic mass is 32.2. The van der Waals surface area contributed by atoms with Crippen molar-refractivity contribution in [2.45, 2.75) is 44.0 Å². The van der Waals surface area contributed by atoms with Crippen molar-refractivity contribution in [1.29, 1.82) is 0 Å². The molecule has 1 amide bonds. The minimum absolute atomic E-state index is 0.0300. The number of anilines is 1. The molecular formula is C23H28N2O6S. The Hall–Kier alpha value is -3.07. The van der Waals surface area contributed by atoms with Crippen LogP contribution in [0.5, 0.6) is 5.75 Å². The summed E-state index contributed by atoms with van der Waals surface area (Å²) in [5.74, 6) is -1.09. The largest absolute Gasteiger partial charge is 0.496 e. The van der Waals surface area contributed by atoms with Crippen LogP contribution in [0, 0.1) is 0 Å². The van der Waals surface area contributed by atoms with Crippen LogP contribution in [-0.4, -0.2) is 46.6 Å². The van der Waals surface area contributed by atoms with Gasteiger partial charge in [0.1, 0.15) is 11.3 Å². The molecule has 0 aromatic heterocycles. The number of benzene rings is 2. The number of methoxy groups -OCH3 is 1. The SMILES string of the molecule is CCCC(C)NC(=O)COC(=O)c1cc(S(=O)(=O)N2CCc3ccccc32)ccc1OC. The first-order chi connectivity index (χ1) is 15.3. The number of ether oxygens (including phenoxy) is 2. The minimum Gasteiger partial charge on any atom is -0.496 e. The zero-order chi connectivity index (χ0) is 23.3. The smallest absolute Gasteiger partial charge is 0.342 e. The summed E-state index contributed by atoms with van der Waals surface area (Å²) in [6, 6.07) is 11.3. The molecule has 2 aromatic rings. The van der Waals surface area contributed by atoms with Crippen molar-refractivity contribution >= 4 is 27.6 Å². The van der Waals surface area contributed by atoms with E-state index in [2.05, 4.69) is 5.32 Å². The fourth-order valence-corrected chi connectivity index (χ4v) is 5.25. The number of nitrogens with zero attached hydrogens (tertiary/aromatic N) is 1. The molecule has 32 heavy (non-hydrogen) atoms. The number of sulfonamides is 1. The lowest BCUT2D eigenvalue weighted by Gasteiger charge is -2.20. The highest BCUT2D eigenvalue weighted by Gasteiger charge is 2.32. The number of hydrogen-bond acceptors (Lipinski definition) is 6. The third-order valence-corrected chi connectivity index (χ3v) is 7.10. The Balaban J connectivity index is 1.80. The van der Waals surface area contributed by atoms with E-state index >= 15 is 0 Å². The van der Waals surface area contributed by atoms with Crippen molar-refractivity contribution in [3.05, 3.63) is 53.6 Å². The first-order valence-corrected chi connectivity index (χ1v) is 12.0. The second-order valence-corrected chi connectivity index (χ2v) is 9.51. The Bertz CT molecular complexity index is 1100. The first kappa shape index (κ1) is 23.6. The van der Waals surface area contributed by atoms with E-state index in [1.165, 1.54) is 29.6 Å². The van der Waals surface area contributed by atoms with Gasteiger partial charge in [-0.25, -0.2) is 13.2 Å². The van der Waals surface area contributed by atoms with Gasteiger partial charge >= 0.3 is 5.97 Å².